The number of hydrogen-bond acceptors (Lipinski definition) is 4. The van der Waals surface area contributed by atoms with Crippen LogP contribution in [0.25, 0.3) is 5.57 Å². The Morgan fingerprint density at radius 1 is 1.15 bits per heavy atom. The van der Waals surface area contributed by atoms with Gasteiger partial charge in [-0.15, -0.1) is 0 Å². The highest BCUT2D eigenvalue weighted by Gasteiger charge is 2.35. The Labute approximate surface area is 162 Å². The molecule has 0 amide bonds. The summed E-state index contributed by atoms with van der Waals surface area (Å²) >= 11 is 12.8. The number of carbonyl (C=O) groups is 1. The smallest absolute Gasteiger partial charge is 0.336 e. The largest absolute Gasteiger partial charge is 0.466 e. The van der Waals surface area contributed by atoms with Gasteiger partial charge in [0.2, 0.25) is 0 Å². The van der Waals surface area contributed by atoms with Crippen LogP contribution in [0.4, 0.5) is 0 Å². The molecule has 1 aliphatic heterocycles. The van der Waals surface area contributed by atoms with Crippen molar-refractivity contribution in [3.63, 3.8) is 0 Å². The van der Waals surface area contributed by atoms with Crippen LogP contribution in [-0.4, -0.2) is 18.1 Å². The molecular weight excluding hydrogens is 371 g/mol. The minimum Gasteiger partial charge on any atom is -0.466 e. The van der Waals surface area contributed by atoms with E-state index in [4.69, 9.17) is 27.9 Å². The number of esters is 1. The van der Waals surface area contributed by atoms with Crippen molar-refractivity contribution in [1.29, 1.82) is 0 Å². The van der Waals surface area contributed by atoms with E-state index >= 15 is 0 Å². The molecule has 1 aromatic carbocycles. The number of hydrogen-bond donors (Lipinski definition) is 1. The van der Waals surface area contributed by atoms with Crippen molar-refractivity contribution in [2.45, 2.75) is 19.8 Å². The van der Waals surface area contributed by atoms with Gasteiger partial charge in [-0.25, -0.2) is 4.79 Å². The number of halogens is 2. The van der Waals surface area contributed by atoms with Gasteiger partial charge in [0, 0.05) is 29.7 Å². The van der Waals surface area contributed by atoms with E-state index in [1.165, 1.54) is 7.11 Å². The standard InChI is InChI=1S/C20H18Cl2N2O2/c1-11-16(13-6-5-9-23-10-13)18(14-7-4-8-15(21)19(14)22)17(12(2)24-11)20(25)26-3/h4-10,18,24H,1-3H3. The molecular formula is C20H18Cl2N2O2. The van der Waals surface area contributed by atoms with Crippen molar-refractivity contribution in [2.75, 3.05) is 7.11 Å². The van der Waals surface area contributed by atoms with Crippen LogP contribution < -0.4 is 5.32 Å². The number of rotatable bonds is 3. The Bertz CT molecular complexity index is 921. The summed E-state index contributed by atoms with van der Waals surface area (Å²) in [6.45, 7) is 3.81. The number of nitrogens with one attached hydrogen (secondary N) is 1. The summed E-state index contributed by atoms with van der Waals surface area (Å²) < 4.78 is 5.05. The monoisotopic (exact) mass is 388 g/mol. The van der Waals surface area contributed by atoms with Crippen molar-refractivity contribution in [3.8, 4) is 0 Å². The second kappa shape index (κ2) is 7.52. The first-order valence-electron chi connectivity index (χ1n) is 8.06. The van der Waals surface area contributed by atoms with Gasteiger partial charge in [0.1, 0.15) is 0 Å². The average Bonchev–Trinajstić information content (AvgIpc) is 2.63. The summed E-state index contributed by atoms with van der Waals surface area (Å²) in [5.41, 5.74) is 4.70. The molecule has 1 atom stereocenters. The fourth-order valence-electron chi connectivity index (χ4n) is 3.33. The zero-order chi connectivity index (χ0) is 18.8. The number of dihydropyridines is 1. The summed E-state index contributed by atoms with van der Waals surface area (Å²) in [5, 5.41) is 4.14. The van der Waals surface area contributed by atoms with Crippen molar-refractivity contribution < 1.29 is 9.53 Å². The lowest BCUT2D eigenvalue weighted by Crippen LogP contribution is -2.28. The van der Waals surface area contributed by atoms with Crippen molar-refractivity contribution in [1.82, 2.24) is 10.3 Å². The molecule has 0 aliphatic carbocycles. The van der Waals surface area contributed by atoms with Crippen molar-refractivity contribution in [2.24, 2.45) is 0 Å². The molecule has 1 aliphatic rings. The van der Waals surface area contributed by atoms with Gasteiger partial charge in [0.05, 0.1) is 22.7 Å². The van der Waals surface area contributed by atoms with Gasteiger partial charge in [-0.3, -0.25) is 4.98 Å². The van der Waals surface area contributed by atoms with E-state index in [1.54, 1.807) is 18.5 Å². The molecule has 0 bridgehead atoms. The fourth-order valence-corrected chi connectivity index (χ4v) is 3.75. The number of ether oxygens (including phenoxy) is 1. The second-order valence-electron chi connectivity index (χ2n) is 6.01. The lowest BCUT2D eigenvalue weighted by Gasteiger charge is -2.32. The number of pyridine rings is 1. The number of aromatic nitrogens is 1. The highest BCUT2D eigenvalue weighted by Crippen LogP contribution is 2.46. The molecule has 2 heterocycles. The third kappa shape index (κ3) is 3.22. The SMILES string of the molecule is COC(=O)C1=C(C)NC(C)=C(c2cccnc2)C1c1cccc(Cl)c1Cl. The molecule has 0 saturated carbocycles. The van der Waals surface area contributed by atoms with E-state index in [1.807, 2.05) is 38.1 Å². The number of methoxy groups -OCH3 is 1. The van der Waals surface area contributed by atoms with E-state index in [0.717, 1.165) is 28.1 Å². The minimum absolute atomic E-state index is 0.412. The lowest BCUT2D eigenvalue weighted by atomic mass is 9.78. The molecule has 0 radical (unpaired) electrons. The number of nitrogens with zero attached hydrogens (tertiary/aromatic N) is 1. The molecule has 26 heavy (non-hydrogen) atoms. The van der Waals surface area contributed by atoms with E-state index in [2.05, 4.69) is 10.3 Å². The molecule has 0 saturated heterocycles. The van der Waals surface area contributed by atoms with Crippen molar-refractivity contribution >= 4 is 34.7 Å². The zero-order valence-corrected chi connectivity index (χ0v) is 16.2. The van der Waals surface area contributed by atoms with Crippen molar-refractivity contribution in [3.05, 3.63) is 80.9 Å². The third-order valence-corrected chi connectivity index (χ3v) is 5.26. The van der Waals surface area contributed by atoms with E-state index in [9.17, 15) is 4.79 Å². The van der Waals surface area contributed by atoms with Crippen LogP contribution in [0, 0.1) is 0 Å². The lowest BCUT2D eigenvalue weighted by molar-refractivity contribution is -0.136. The molecule has 1 unspecified atom stereocenters. The Hall–Kier alpha value is -2.30. The van der Waals surface area contributed by atoms with Crippen LogP contribution in [0.15, 0.2) is 59.7 Å². The minimum atomic E-state index is -0.418. The molecule has 3 rings (SSSR count). The van der Waals surface area contributed by atoms with Gasteiger partial charge >= 0.3 is 5.97 Å². The summed E-state index contributed by atoms with van der Waals surface area (Å²) in [7, 11) is 1.37. The molecule has 0 spiro atoms. The number of carbonyl (C=O) groups excluding carboxylic acids is 1. The van der Waals surface area contributed by atoms with Crippen LogP contribution >= 0.6 is 23.2 Å². The maximum absolute atomic E-state index is 12.6. The Balaban J connectivity index is 2.30. The predicted molar refractivity (Wildman–Crippen MR) is 104 cm³/mol. The molecule has 4 nitrogen and oxygen atoms in total. The quantitative estimate of drug-likeness (QED) is 0.755. The van der Waals surface area contributed by atoms with Crippen LogP contribution in [0.3, 0.4) is 0 Å². The summed E-state index contributed by atoms with van der Waals surface area (Å²) in [5.74, 6) is -0.830. The molecule has 2 aromatic rings. The van der Waals surface area contributed by atoms with Crippen LogP contribution in [0.1, 0.15) is 30.9 Å². The number of allylic oxidation sites excluding steroid dienone is 3. The van der Waals surface area contributed by atoms with Gasteiger partial charge in [0.15, 0.2) is 0 Å². The van der Waals surface area contributed by atoms with Gasteiger partial charge in [0.25, 0.3) is 0 Å². The first-order chi connectivity index (χ1) is 12.5. The highest BCUT2D eigenvalue weighted by molar-refractivity contribution is 6.42. The van der Waals surface area contributed by atoms with E-state index < -0.39 is 11.9 Å². The van der Waals surface area contributed by atoms with Gasteiger partial charge in [-0.1, -0.05) is 41.4 Å². The van der Waals surface area contributed by atoms with Crippen LogP contribution in [0.2, 0.25) is 10.0 Å². The van der Waals surface area contributed by atoms with Gasteiger partial charge < -0.3 is 10.1 Å². The molecule has 0 fully saturated rings. The first kappa shape index (κ1) is 18.5. The normalized spacial score (nSPS) is 17.2. The molecule has 1 aromatic heterocycles. The van der Waals surface area contributed by atoms with Crippen LogP contribution in [-0.2, 0) is 9.53 Å². The molecule has 134 valence electrons. The predicted octanol–water partition coefficient (Wildman–Crippen LogP) is 4.95. The van der Waals surface area contributed by atoms with E-state index in [-0.39, 0.29) is 0 Å². The summed E-state index contributed by atoms with van der Waals surface area (Å²) in [6, 6.07) is 9.24. The maximum Gasteiger partial charge on any atom is 0.336 e. The second-order valence-corrected chi connectivity index (χ2v) is 6.80. The first-order valence-corrected chi connectivity index (χ1v) is 8.82. The van der Waals surface area contributed by atoms with Gasteiger partial charge in [-0.2, -0.15) is 0 Å². The zero-order valence-electron chi connectivity index (χ0n) is 14.6. The Kier molecular flexibility index (Phi) is 5.35. The Morgan fingerprint density at radius 2 is 1.92 bits per heavy atom. The fraction of sp³-hybridized carbons (Fsp3) is 0.200. The average molecular weight is 389 g/mol. The topological polar surface area (TPSA) is 51.2 Å². The van der Waals surface area contributed by atoms with E-state index in [0.29, 0.717) is 15.6 Å². The molecule has 1 N–H and O–H groups in total. The maximum atomic E-state index is 12.6. The summed E-state index contributed by atoms with van der Waals surface area (Å²) in [6.07, 6.45) is 3.47. The highest BCUT2D eigenvalue weighted by atomic mass is 35.5. The third-order valence-electron chi connectivity index (χ3n) is 4.43. The van der Waals surface area contributed by atoms with Crippen LogP contribution in [0.5, 0.6) is 0 Å². The number of benzene rings is 1. The summed E-state index contributed by atoms with van der Waals surface area (Å²) in [4.78, 5) is 16.8. The molecule has 6 heteroatoms. The Morgan fingerprint density at radius 3 is 2.58 bits per heavy atom. The van der Waals surface area contributed by atoms with Gasteiger partial charge in [-0.05, 0) is 42.7 Å².